The van der Waals surface area contributed by atoms with E-state index in [9.17, 15) is 4.79 Å². The van der Waals surface area contributed by atoms with Crippen LogP contribution in [0.15, 0.2) is 24.3 Å². The highest BCUT2D eigenvalue weighted by Gasteiger charge is 1.92. The summed E-state index contributed by atoms with van der Waals surface area (Å²) in [6.45, 7) is 0. The Morgan fingerprint density at radius 3 is 2.64 bits per heavy atom. The minimum Gasteiger partial charge on any atom is -0.303 e. The highest BCUT2D eigenvalue weighted by Crippen LogP contribution is 2.04. The molecule has 0 aliphatic heterocycles. The molecule has 0 saturated heterocycles. The van der Waals surface area contributed by atoms with Crippen LogP contribution in [-0.4, -0.2) is 6.29 Å². The van der Waals surface area contributed by atoms with Crippen molar-refractivity contribution < 1.29 is 4.79 Å². The van der Waals surface area contributed by atoms with Gasteiger partial charge in [-0.2, -0.15) is 0 Å². The van der Waals surface area contributed by atoms with Gasteiger partial charge < -0.3 is 4.79 Å². The number of hydrogen-bond acceptors (Lipinski definition) is 1. The molecule has 1 nitrogen and oxygen atoms in total. The molecule has 0 fully saturated rings. The van der Waals surface area contributed by atoms with E-state index in [0.717, 1.165) is 17.4 Å². The monoisotopic (exact) mass is 182 g/mol. The minimum atomic E-state index is 0.477. The molecular weight excluding hydrogens is 172 g/mol. The summed E-state index contributed by atoms with van der Waals surface area (Å²) in [6, 6.07) is 7.50. The lowest BCUT2D eigenvalue weighted by atomic mass is 10.1. The number of unbranched alkanes of at least 4 members (excludes halogenated alkanes) is 1. The molecule has 0 unspecified atom stereocenters. The van der Waals surface area contributed by atoms with Crippen LogP contribution in [0.3, 0.4) is 0 Å². The maximum atomic E-state index is 10.0. The van der Waals surface area contributed by atoms with Gasteiger partial charge in [-0.3, -0.25) is 0 Å². The zero-order valence-corrected chi connectivity index (χ0v) is 7.79. The SMILES string of the molecule is C#Cc1ccccc1C#CCCC=O. The fourth-order valence-corrected chi connectivity index (χ4v) is 1.01. The maximum absolute atomic E-state index is 10.0. The van der Waals surface area contributed by atoms with Gasteiger partial charge >= 0.3 is 0 Å². The third kappa shape index (κ3) is 2.81. The normalized spacial score (nSPS) is 8.21. The standard InChI is InChI=1S/C13H10O/c1-2-12-8-5-6-10-13(12)9-4-3-7-11-14/h1,5-6,8,10-11H,3,7H2. The molecular formula is C13H10O. The average Bonchev–Trinajstić information content (AvgIpc) is 2.25. The zero-order chi connectivity index (χ0) is 10.2. The van der Waals surface area contributed by atoms with E-state index in [1.54, 1.807) is 0 Å². The first kappa shape index (κ1) is 10.1. The van der Waals surface area contributed by atoms with E-state index in [1.807, 2.05) is 24.3 Å². The number of hydrogen-bond donors (Lipinski definition) is 0. The Morgan fingerprint density at radius 1 is 1.29 bits per heavy atom. The minimum absolute atomic E-state index is 0.477. The Balaban J connectivity index is 2.79. The van der Waals surface area contributed by atoms with E-state index in [-0.39, 0.29) is 0 Å². The molecule has 0 aliphatic carbocycles. The van der Waals surface area contributed by atoms with Crippen molar-refractivity contribution in [1.82, 2.24) is 0 Å². The van der Waals surface area contributed by atoms with Gasteiger partial charge in [0.1, 0.15) is 6.29 Å². The Labute approximate surface area is 84.1 Å². The van der Waals surface area contributed by atoms with Crippen molar-refractivity contribution in [2.75, 3.05) is 0 Å². The lowest BCUT2D eigenvalue weighted by molar-refractivity contribution is -0.107. The number of rotatable bonds is 2. The Bertz CT molecular complexity index is 413. The van der Waals surface area contributed by atoms with E-state index in [4.69, 9.17) is 6.42 Å². The molecule has 0 bridgehead atoms. The number of aldehydes is 1. The Hall–Kier alpha value is -1.99. The molecule has 1 heteroatoms. The molecule has 0 amide bonds. The summed E-state index contributed by atoms with van der Waals surface area (Å²) in [4.78, 5) is 10.0. The molecule has 1 rings (SSSR count). The molecule has 1 aromatic carbocycles. The van der Waals surface area contributed by atoms with Gasteiger partial charge in [-0.15, -0.1) is 6.42 Å². The van der Waals surface area contributed by atoms with Gasteiger partial charge in [0.2, 0.25) is 0 Å². The van der Waals surface area contributed by atoms with Gasteiger partial charge in [-0.05, 0) is 12.1 Å². The Morgan fingerprint density at radius 2 is 2.00 bits per heavy atom. The first-order chi connectivity index (χ1) is 6.88. The lowest BCUT2D eigenvalue weighted by Gasteiger charge is -1.93. The van der Waals surface area contributed by atoms with Gasteiger partial charge in [0, 0.05) is 24.0 Å². The topological polar surface area (TPSA) is 17.1 Å². The second-order valence-electron chi connectivity index (χ2n) is 2.70. The van der Waals surface area contributed by atoms with Crippen molar-refractivity contribution >= 4 is 6.29 Å². The summed E-state index contributed by atoms with van der Waals surface area (Å²) in [7, 11) is 0. The molecule has 0 N–H and O–H groups in total. The van der Waals surface area contributed by atoms with Crippen LogP contribution in [0.5, 0.6) is 0 Å². The fourth-order valence-electron chi connectivity index (χ4n) is 1.01. The van der Waals surface area contributed by atoms with Gasteiger partial charge in [0.05, 0.1) is 0 Å². The second-order valence-corrected chi connectivity index (χ2v) is 2.70. The smallest absolute Gasteiger partial charge is 0.120 e. The van der Waals surface area contributed by atoms with Gasteiger partial charge in [0.15, 0.2) is 0 Å². The highest BCUT2D eigenvalue weighted by molar-refractivity contribution is 5.51. The van der Waals surface area contributed by atoms with Crippen molar-refractivity contribution in [3.63, 3.8) is 0 Å². The number of carbonyl (C=O) groups is 1. The molecule has 0 aromatic heterocycles. The molecule has 0 saturated carbocycles. The van der Waals surface area contributed by atoms with Crippen molar-refractivity contribution in [2.45, 2.75) is 12.8 Å². The van der Waals surface area contributed by atoms with Crippen LogP contribution in [0.25, 0.3) is 0 Å². The second kappa shape index (κ2) is 5.62. The van der Waals surface area contributed by atoms with E-state index in [1.165, 1.54) is 0 Å². The summed E-state index contributed by atoms with van der Waals surface area (Å²) in [5.74, 6) is 8.41. The van der Waals surface area contributed by atoms with Crippen molar-refractivity contribution in [3.8, 4) is 24.2 Å². The van der Waals surface area contributed by atoms with Gasteiger partial charge in [-0.1, -0.05) is 29.9 Å². The van der Waals surface area contributed by atoms with E-state index in [0.29, 0.717) is 12.8 Å². The first-order valence-electron chi connectivity index (χ1n) is 4.36. The van der Waals surface area contributed by atoms with Crippen molar-refractivity contribution in [3.05, 3.63) is 35.4 Å². The summed E-state index contributed by atoms with van der Waals surface area (Å²) in [5.41, 5.74) is 1.65. The molecule has 1 aromatic rings. The summed E-state index contributed by atoms with van der Waals surface area (Å²) in [6.07, 6.45) is 7.23. The fraction of sp³-hybridized carbons (Fsp3) is 0.154. The summed E-state index contributed by atoms with van der Waals surface area (Å²) >= 11 is 0. The van der Waals surface area contributed by atoms with Crippen molar-refractivity contribution in [1.29, 1.82) is 0 Å². The van der Waals surface area contributed by atoms with Crippen LogP contribution in [0.1, 0.15) is 24.0 Å². The third-order valence-electron chi connectivity index (χ3n) is 1.69. The highest BCUT2D eigenvalue weighted by atomic mass is 16.1. The molecule has 0 atom stereocenters. The third-order valence-corrected chi connectivity index (χ3v) is 1.69. The largest absolute Gasteiger partial charge is 0.303 e. The van der Waals surface area contributed by atoms with Crippen LogP contribution < -0.4 is 0 Å². The van der Waals surface area contributed by atoms with Gasteiger partial charge in [0.25, 0.3) is 0 Å². The van der Waals surface area contributed by atoms with Crippen LogP contribution in [-0.2, 0) is 4.79 Å². The molecule has 0 spiro atoms. The molecule has 0 aliphatic rings. The molecule has 14 heavy (non-hydrogen) atoms. The zero-order valence-electron chi connectivity index (χ0n) is 7.79. The average molecular weight is 182 g/mol. The predicted octanol–water partition coefficient (Wildman–Crippen LogP) is 2.00. The van der Waals surface area contributed by atoms with E-state index in [2.05, 4.69) is 17.8 Å². The van der Waals surface area contributed by atoms with Gasteiger partial charge in [-0.25, -0.2) is 0 Å². The Kier molecular flexibility index (Phi) is 4.05. The van der Waals surface area contributed by atoms with E-state index < -0.39 is 0 Å². The van der Waals surface area contributed by atoms with Crippen molar-refractivity contribution in [2.24, 2.45) is 0 Å². The number of terminal acetylenes is 1. The lowest BCUT2D eigenvalue weighted by Crippen LogP contribution is -1.81. The molecule has 0 heterocycles. The molecule has 68 valence electrons. The van der Waals surface area contributed by atoms with Crippen LogP contribution in [0, 0.1) is 24.2 Å². The van der Waals surface area contributed by atoms with Crippen LogP contribution >= 0.6 is 0 Å². The van der Waals surface area contributed by atoms with Crippen LogP contribution in [0.2, 0.25) is 0 Å². The number of benzene rings is 1. The van der Waals surface area contributed by atoms with E-state index >= 15 is 0 Å². The first-order valence-corrected chi connectivity index (χ1v) is 4.36. The number of carbonyl (C=O) groups excluding carboxylic acids is 1. The maximum Gasteiger partial charge on any atom is 0.120 e. The summed E-state index contributed by atoms with van der Waals surface area (Å²) in [5, 5.41) is 0. The quantitative estimate of drug-likeness (QED) is 0.388. The molecule has 0 radical (unpaired) electrons. The predicted molar refractivity (Wildman–Crippen MR) is 56.6 cm³/mol. The van der Waals surface area contributed by atoms with Crippen LogP contribution in [0.4, 0.5) is 0 Å². The summed E-state index contributed by atoms with van der Waals surface area (Å²) < 4.78 is 0.